The summed E-state index contributed by atoms with van der Waals surface area (Å²) in [6.07, 6.45) is -9.13. The maximum absolute atomic E-state index is 15.2. The molecule has 4 amide bonds. The molecule has 2 heterocycles. The van der Waals surface area contributed by atoms with Gasteiger partial charge in [-0.2, -0.15) is 31.4 Å². The van der Waals surface area contributed by atoms with Crippen LogP contribution in [0, 0.1) is 30.6 Å². The van der Waals surface area contributed by atoms with Crippen molar-refractivity contribution < 1.29 is 55.4 Å². The smallest absolute Gasteiger partial charge is 0.416 e. The minimum absolute atomic E-state index is 0.0838. The van der Waals surface area contributed by atoms with Gasteiger partial charge in [0.05, 0.1) is 52.8 Å². The van der Waals surface area contributed by atoms with Gasteiger partial charge >= 0.3 is 12.4 Å². The Hall–Kier alpha value is -6.12. The highest BCUT2D eigenvalue weighted by Gasteiger charge is 2.70. The van der Waals surface area contributed by atoms with Crippen LogP contribution >= 0.6 is 0 Å². The lowest BCUT2D eigenvalue weighted by molar-refractivity contribution is -0.143. The molecule has 15 heteroatoms. The van der Waals surface area contributed by atoms with Gasteiger partial charge in [-0.3, -0.25) is 24.6 Å². The quantitative estimate of drug-likeness (QED) is 0.116. The van der Waals surface area contributed by atoms with Crippen LogP contribution in [0.5, 0.6) is 11.5 Å². The van der Waals surface area contributed by atoms with Crippen LogP contribution in [0.2, 0.25) is 0 Å². The fraction of sp³-hybridized carbons (Fsp3) is 0.286. The Balaban J connectivity index is 1.30. The molecule has 4 aromatic carbocycles. The van der Waals surface area contributed by atoms with Crippen LogP contribution in [0.15, 0.2) is 103 Å². The van der Waals surface area contributed by atoms with Crippen molar-refractivity contribution in [2.24, 2.45) is 23.7 Å². The number of methoxy groups -OCH3 is 1. The van der Waals surface area contributed by atoms with E-state index in [1.54, 1.807) is 66.7 Å². The number of amides is 4. The van der Waals surface area contributed by atoms with Crippen molar-refractivity contribution in [3.05, 3.63) is 130 Å². The Bertz CT molecular complexity index is 2330. The lowest BCUT2D eigenvalue weighted by Gasteiger charge is -2.50. The van der Waals surface area contributed by atoms with Crippen molar-refractivity contribution in [3.63, 3.8) is 0 Å². The number of hydrazine groups is 1. The monoisotopic (exact) mass is 789 g/mol. The van der Waals surface area contributed by atoms with E-state index in [1.807, 2.05) is 6.92 Å². The number of phenols is 1. The molecule has 294 valence electrons. The SMILES string of the molecule is COc1ccc(C2C3=CCC4C(=O)N(c5cc(C(F)(F)F)cc(C(F)(F)F)c5)C(=O)C4C3CC3C(=O)N(Nc4ccc(C)cc4)C(=O)C32c2ccccc2)cc1O. The van der Waals surface area contributed by atoms with Gasteiger partial charge in [-0.25, -0.2) is 4.90 Å². The van der Waals surface area contributed by atoms with Gasteiger partial charge in [0.15, 0.2) is 11.5 Å². The number of anilines is 2. The normalized spacial score (nSPS) is 25.9. The number of nitrogens with zero attached hydrogens (tertiary/aromatic N) is 2. The number of aryl methyl sites for hydroxylation is 1. The minimum Gasteiger partial charge on any atom is -0.504 e. The van der Waals surface area contributed by atoms with E-state index in [0.29, 0.717) is 39.4 Å². The zero-order valence-electron chi connectivity index (χ0n) is 30.2. The molecule has 3 fully saturated rings. The van der Waals surface area contributed by atoms with Gasteiger partial charge in [-0.15, -0.1) is 0 Å². The van der Waals surface area contributed by atoms with Gasteiger partial charge in [0.2, 0.25) is 11.8 Å². The van der Waals surface area contributed by atoms with E-state index in [4.69, 9.17) is 4.74 Å². The highest BCUT2D eigenvalue weighted by molar-refractivity contribution is 6.22. The summed E-state index contributed by atoms with van der Waals surface area (Å²) < 4.78 is 88.8. The number of halogens is 6. The van der Waals surface area contributed by atoms with Crippen LogP contribution in [0.1, 0.15) is 46.6 Å². The number of imide groups is 2. The van der Waals surface area contributed by atoms with Crippen LogP contribution in [-0.4, -0.2) is 40.9 Å². The van der Waals surface area contributed by atoms with E-state index >= 15 is 4.79 Å². The molecule has 4 aliphatic rings. The third-order valence-electron chi connectivity index (χ3n) is 11.8. The van der Waals surface area contributed by atoms with Gasteiger partial charge in [0.25, 0.3) is 11.8 Å². The van der Waals surface area contributed by atoms with E-state index in [-0.39, 0.29) is 30.4 Å². The lowest BCUT2D eigenvalue weighted by Crippen LogP contribution is -2.53. The molecule has 0 bridgehead atoms. The number of carbonyl (C=O) groups is 4. The Morgan fingerprint density at radius 2 is 1.44 bits per heavy atom. The second-order valence-corrected chi connectivity index (χ2v) is 14.8. The minimum atomic E-state index is -5.24. The summed E-state index contributed by atoms with van der Waals surface area (Å²) in [6.45, 7) is 1.87. The van der Waals surface area contributed by atoms with Gasteiger partial charge in [0, 0.05) is 5.92 Å². The Morgan fingerprint density at radius 1 is 0.789 bits per heavy atom. The molecule has 2 aliphatic heterocycles. The van der Waals surface area contributed by atoms with Gasteiger partial charge in [0.1, 0.15) is 0 Å². The number of hydrogen-bond donors (Lipinski definition) is 2. The standard InChI is InChI=1S/C42H33F6N3O6/c1-21-8-11-26(12-9-21)49-51-37(54)31-20-30-28(35(22-10-15-33(57-2)32(52)16-22)40(31,39(51)56)23-6-4-3-5-7-23)13-14-29-34(30)38(55)50(36(29)53)27-18-24(41(43,44)45)17-25(19-27)42(46,47)48/h3-13,15-19,29-31,34-35,49,52H,14,20H2,1-2H3. The predicted octanol–water partition coefficient (Wildman–Crippen LogP) is 7.94. The van der Waals surface area contributed by atoms with Gasteiger partial charge in [-0.05, 0) is 79.3 Å². The third kappa shape index (κ3) is 5.84. The first-order chi connectivity index (χ1) is 27.0. The van der Waals surface area contributed by atoms with E-state index in [1.165, 1.54) is 19.2 Å². The number of ether oxygens (including phenoxy) is 1. The molecular weight excluding hydrogens is 756 g/mol. The average Bonchev–Trinajstić information content (AvgIpc) is 3.55. The van der Waals surface area contributed by atoms with Crippen LogP contribution in [-0.2, 0) is 36.9 Å². The zero-order chi connectivity index (χ0) is 40.8. The Morgan fingerprint density at radius 3 is 2.04 bits per heavy atom. The van der Waals surface area contributed by atoms with E-state index in [2.05, 4.69) is 5.43 Å². The first-order valence-electron chi connectivity index (χ1n) is 18.0. The summed E-state index contributed by atoms with van der Waals surface area (Å²) in [4.78, 5) is 59.0. The number of benzene rings is 4. The third-order valence-corrected chi connectivity index (χ3v) is 11.8. The maximum atomic E-state index is 15.2. The number of fused-ring (bicyclic) bond motifs is 4. The topological polar surface area (TPSA) is 116 Å². The van der Waals surface area contributed by atoms with Crippen molar-refractivity contribution >= 4 is 35.0 Å². The van der Waals surface area contributed by atoms with Crippen molar-refractivity contribution in [1.82, 2.24) is 5.01 Å². The molecule has 6 atom stereocenters. The molecule has 2 N–H and O–H groups in total. The fourth-order valence-corrected chi connectivity index (χ4v) is 9.33. The number of nitrogens with one attached hydrogen (secondary N) is 1. The number of rotatable bonds is 6. The van der Waals surface area contributed by atoms with Gasteiger partial charge in [-0.1, -0.05) is 65.7 Å². The van der Waals surface area contributed by atoms with Gasteiger partial charge < -0.3 is 9.84 Å². The lowest BCUT2D eigenvalue weighted by atomic mass is 9.49. The summed E-state index contributed by atoms with van der Waals surface area (Å²) in [5, 5.41) is 12.0. The number of carbonyl (C=O) groups excluding carboxylic acids is 4. The summed E-state index contributed by atoms with van der Waals surface area (Å²) >= 11 is 0. The number of aromatic hydroxyl groups is 1. The number of hydrogen-bond acceptors (Lipinski definition) is 7. The first kappa shape index (κ1) is 37.8. The van der Waals surface area contributed by atoms with Crippen molar-refractivity contribution in [2.45, 2.75) is 43.5 Å². The molecule has 6 unspecified atom stereocenters. The summed E-state index contributed by atoms with van der Waals surface area (Å²) in [7, 11) is 1.35. The van der Waals surface area contributed by atoms with Crippen LogP contribution in [0.3, 0.4) is 0 Å². The molecular formula is C42H33F6N3O6. The molecule has 0 spiro atoms. The van der Waals surface area contributed by atoms with Crippen LogP contribution < -0.4 is 15.1 Å². The molecule has 1 saturated carbocycles. The maximum Gasteiger partial charge on any atom is 0.416 e. The number of alkyl halides is 6. The van der Waals surface area contributed by atoms with E-state index in [0.717, 1.165) is 10.6 Å². The summed E-state index contributed by atoms with van der Waals surface area (Å²) in [5.41, 5.74) is -0.392. The Kier molecular flexibility index (Phi) is 8.78. The second kappa shape index (κ2) is 13.2. The van der Waals surface area contributed by atoms with Crippen LogP contribution in [0.4, 0.5) is 37.7 Å². The molecule has 0 radical (unpaired) electrons. The van der Waals surface area contributed by atoms with Crippen molar-refractivity contribution in [3.8, 4) is 11.5 Å². The number of allylic oxidation sites excluding steroid dienone is 2. The first-order valence-corrected chi connectivity index (χ1v) is 18.0. The molecule has 4 aromatic rings. The van der Waals surface area contributed by atoms with Crippen LogP contribution in [0.25, 0.3) is 0 Å². The highest BCUT2D eigenvalue weighted by atomic mass is 19.4. The molecule has 2 aliphatic carbocycles. The molecule has 2 saturated heterocycles. The Labute approximate surface area is 321 Å². The predicted molar refractivity (Wildman–Crippen MR) is 192 cm³/mol. The molecule has 9 nitrogen and oxygen atoms in total. The molecule has 0 aromatic heterocycles. The summed E-state index contributed by atoms with van der Waals surface area (Å²) in [5.74, 6) is -9.24. The molecule has 57 heavy (non-hydrogen) atoms. The van der Waals surface area contributed by atoms with Crippen molar-refractivity contribution in [1.29, 1.82) is 0 Å². The van der Waals surface area contributed by atoms with E-state index < -0.39 is 87.8 Å². The fourth-order valence-electron chi connectivity index (χ4n) is 9.33. The highest BCUT2D eigenvalue weighted by Crippen LogP contribution is 2.64. The zero-order valence-corrected chi connectivity index (χ0v) is 30.2. The second-order valence-electron chi connectivity index (χ2n) is 14.8. The number of phenolic OH excluding ortho intramolecular Hbond substituents is 1. The largest absolute Gasteiger partial charge is 0.504 e. The summed E-state index contributed by atoms with van der Waals surface area (Å²) in [6, 6.07) is 20.6. The van der Waals surface area contributed by atoms with E-state index in [9.17, 15) is 45.8 Å². The molecule has 8 rings (SSSR count). The average molecular weight is 790 g/mol. The van der Waals surface area contributed by atoms with Crippen molar-refractivity contribution in [2.75, 3.05) is 17.4 Å².